The molecule has 0 unspecified atom stereocenters. The van der Waals surface area contributed by atoms with E-state index < -0.39 is 30.2 Å². The maximum absolute atomic E-state index is 12.0. The lowest BCUT2D eigenvalue weighted by Crippen LogP contribution is -2.47. The van der Waals surface area contributed by atoms with E-state index >= 15 is 0 Å². The second-order valence-electron chi connectivity index (χ2n) is 4.65. The van der Waals surface area contributed by atoms with Gasteiger partial charge in [0.25, 0.3) is 0 Å². The van der Waals surface area contributed by atoms with Crippen molar-refractivity contribution in [2.45, 2.75) is 13.8 Å². The van der Waals surface area contributed by atoms with Gasteiger partial charge in [-0.2, -0.15) is 0 Å². The summed E-state index contributed by atoms with van der Waals surface area (Å²) in [5.41, 5.74) is 0.754. The van der Waals surface area contributed by atoms with E-state index in [0.29, 0.717) is 4.90 Å². The predicted molar refractivity (Wildman–Crippen MR) is 88.3 cm³/mol. The molecular weight excluding hydrogens is 312 g/mol. The van der Waals surface area contributed by atoms with Crippen LogP contribution >= 0.6 is 0 Å². The topological polar surface area (TPSA) is 92.8 Å². The average molecular weight is 332 g/mol. The summed E-state index contributed by atoms with van der Waals surface area (Å²) < 4.78 is 4.73. The van der Waals surface area contributed by atoms with E-state index in [1.165, 1.54) is 6.08 Å². The molecule has 0 radical (unpaired) electrons. The third-order valence-corrected chi connectivity index (χ3v) is 2.86. The van der Waals surface area contributed by atoms with E-state index in [-0.39, 0.29) is 13.2 Å². The number of imide groups is 1. The van der Waals surface area contributed by atoms with Gasteiger partial charge in [-0.3, -0.25) is 9.59 Å². The first kappa shape index (κ1) is 19.1. The van der Waals surface area contributed by atoms with Crippen molar-refractivity contribution in [2.75, 3.05) is 19.7 Å². The van der Waals surface area contributed by atoms with Crippen molar-refractivity contribution in [3.63, 3.8) is 0 Å². The number of amides is 3. The molecule has 128 valence electrons. The van der Waals surface area contributed by atoms with Crippen molar-refractivity contribution in [3.05, 3.63) is 42.0 Å². The molecule has 1 aromatic rings. The molecule has 3 amide bonds. The molecule has 1 rings (SSSR count). The highest BCUT2D eigenvalue weighted by Gasteiger charge is 2.27. The van der Waals surface area contributed by atoms with Crippen LogP contribution in [-0.4, -0.2) is 48.3 Å². The molecule has 0 spiro atoms. The molecule has 0 aliphatic heterocycles. The fourth-order valence-electron chi connectivity index (χ4n) is 1.72. The number of urea groups is 1. The van der Waals surface area contributed by atoms with Gasteiger partial charge < -0.3 is 10.1 Å². The summed E-state index contributed by atoms with van der Waals surface area (Å²) >= 11 is 0. The van der Waals surface area contributed by atoms with Crippen LogP contribution in [0, 0.1) is 0 Å². The Hall–Kier alpha value is -2.96. The lowest BCUT2D eigenvalue weighted by molar-refractivity contribution is -0.133. The van der Waals surface area contributed by atoms with E-state index in [1.807, 2.05) is 6.07 Å². The van der Waals surface area contributed by atoms with Gasteiger partial charge in [0, 0.05) is 6.54 Å². The second kappa shape index (κ2) is 9.94. The van der Waals surface area contributed by atoms with Gasteiger partial charge in [-0.25, -0.2) is 14.5 Å². The number of hydrogen-bond donors (Lipinski definition) is 1. The van der Waals surface area contributed by atoms with Crippen molar-refractivity contribution in [1.29, 1.82) is 0 Å². The van der Waals surface area contributed by atoms with Gasteiger partial charge in [-0.05, 0) is 25.5 Å². The summed E-state index contributed by atoms with van der Waals surface area (Å²) in [5, 5.41) is 2.39. The molecule has 0 bridgehead atoms. The molecule has 1 aromatic carbocycles. The molecule has 0 atom stereocenters. The molecule has 0 saturated carbocycles. The number of hydrogen-bond acceptors (Lipinski definition) is 5. The van der Waals surface area contributed by atoms with E-state index in [0.717, 1.165) is 11.6 Å². The molecular formula is C17H20N2O5. The first-order valence-electron chi connectivity index (χ1n) is 7.52. The van der Waals surface area contributed by atoms with Gasteiger partial charge in [-0.1, -0.05) is 36.4 Å². The Morgan fingerprint density at radius 3 is 2.38 bits per heavy atom. The first-order valence-corrected chi connectivity index (χ1v) is 7.52. The van der Waals surface area contributed by atoms with E-state index in [1.54, 1.807) is 38.1 Å². The number of ketones is 2. The number of Topliss-reactive ketones (excluding diaryl/α,β-unsaturated/α-hetero) is 1. The van der Waals surface area contributed by atoms with Gasteiger partial charge >= 0.3 is 12.1 Å². The van der Waals surface area contributed by atoms with Crippen LogP contribution in [0.4, 0.5) is 9.59 Å². The van der Waals surface area contributed by atoms with Crippen LogP contribution < -0.4 is 5.32 Å². The number of carbonyl (C=O) groups is 4. The van der Waals surface area contributed by atoms with Crippen LogP contribution in [0.5, 0.6) is 0 Å². The SMILES string of the molecule is CCNC(=O)N(CC(=O)C(=O)/C=C/c1ccccc1)C(=O)OCC. The smallest absolute Gasteiger partial charge is 0.418 e. The summed E-state index contributed by atoms with van der Waals surface area (Å²) in [6, 6.07) is 8.17. The lowest BCUT2D eigenvalue weighted by atomic mass is 10.1. The van der Waals surface area contributed by atoms with Crippen LogP contribution in [0.2, 0.25) is 0 Å². The highest BCUT2D eigenvalue weighted by atomic mass is 16.6. The maximum Gasteiger partial charge on any atom is 0.418 e. The minimum absolute atomic E-state index is 0.0464. The first-order chi connectivity index (χ1) is 11.5. The van der Waals surface area contributed by atoms with Gasteiger partial charge in [0.05, 0.1) is 6.61 Å². The Morgan fingerprint density at radius 1 is 1.12 bits per heavy atom. The van der Waals surface area contributed by atoms with Crippen molar-refractivity contribution >= 4 is 29.8 Å². The number of rotatable bonds is 7. The standard InChI is InChI=1S/C17H20N2O5/c1-3-18-16(22)19(17(23)24-4-2)12-15(21)14(20)11-10-13-8-6-5-7-9-13/h5-11H,3-4,12H2,1-2H3,(H,18,22)/b11-10+. The second-order valence-corrected chi connectivity index (χ2v) is 4.65. The highest BCUT2D eigenvalue weighted by Crippen LogP contribution is 2.02. The molecule has 0 saturated heterocycles. The third kappa shape index (κ3) is 6.04. The van der Waals surface area contributed by atoms with Crippen LogP contribution in [0.25, 0.3) is 6.08 Å². The molecule has 0 fully saturated rings. The van der Waals surface area contributed by atoms with Crippen LogP contribution in [0.1, 0.15) is 19.4 Å². The van der Waals surface area contributed by atoms with E-state index in [4.69, 9.17) is 4.74 Å². The number of allylic oxidation sites excluding steroid dienone is 1. The van der Waals surface area contributed by atoms with E-state index in [9.17, 15) is 19.2 Å². The van der Waals surface area contributed by atoms with Gasteiger partial charge in [0.15, 0.2) is 0 Å². The lowest BCUT2D eigenvalue weighted by Gasteiger charge is -2.18. The number of benzene rings is 1. The van der Waals surface area contributed by atoms with Crippen molar-refractivity contribution in [2.24, 2.45) is 0 Å². The summed E-state index contributed by atoms with van der Waals surface area (Å²) in [7, 11) is 0. The number of nitrogens with one attached hydrogen (secondary N) is 1. The summed E-state index contributed by atoms with van der Waals surface area (Å²) in [6.07, 6.45) is 1.62. The van der Waals surface area contributed by atoms with Crippen molar-refractivity contribution < 1.29 is 23.9 Å². The highest BCUT2D eigenvalue weighted by molar-refractivity contribution is 6.43. The quantitative estimate of drug-likeness (QED) is 0.609. The molecule has 7 heteroatoms. The van der Waals surface area contributed by atoms with Crippen LogP contribution in [0.3, 0.4) is 0 Å². The zero-order chi connectivity index (χ0) is 17.9. The van der Waals surface area contributed by atoms with Crippen molar-refractivity contribution in [1.82, 2.24) is 10.2 Å². The number of nitrogens with zero attached hydrogens (tertiary/aromatic N) is 1. The monoisotopic (exact) mass is 332 g/mol. The third-order valence-electron chi connectivity index (χ3n) is 2.86. The average Bonchev–Trinajstić information content (AvgIpc) is 2.58. The van der Waals surface area contributed by atoms with Crippen LogP contribution in [0.15, 0.2) is 36.4 Å². The molecule has 24 heavy (non-hydrogen) atoms. The largest absolute Gasteiger partial charge is 0.449 e. The summed E-state index contributed by atoms with van der Waals surface area (Å²) in [5.74, 6) is -1.70. The molecule has 0 heterocycles. The Labute approximate surface area is 140 Å². The molecule has 7 nitrogen and oxygen atoms in total. The normalized spacial score (nSPS) is 10.2. The number of ether oxygens (including phenoxy) is 1. The van der Waals surface area contributed by atoms with Gasteiger partial charge in [-0.15, -0.1) is 0 Å². The zero-order valence-electron chi connectivity index (χ0n) is 13.7. The maximum atomic E-state index is 12.0. The molecule has 0 aliphatic rings. The predicted octanol–water partition coefficient (Wildman–Crippen LogP) is 2.03. The Morgan fingerprint density at radius 2 is 1.79 bits per heavy atom. The van der Waals surface area contributed by atoms with Gasteiger partial charge in [0.1, 0.15) is 6.54 Å². The Bertz CT molecular complexity index is 607. The minimum atomic E-state index is -0.975. The fraction of sp³-hybridized carbons (Fsp3) is 0.294. The summed E-state index contributed by atoms with van der Waals surface area (Å²) in [4.78, 5) is 48.0. The number of carbonyl (C=O) groups excluding carboxylic acids is 4. The zero-order valence-corrected chi connectivity index (χ0v) is 13.7. The Kier molecular flexibility index (Phi) is 7.90. The molecule has 0 aromatic heterocycles. The summed E-state index contributed by atoms with van der Waals surface area (Å²) in [6.45, 7) is 2.87. The molecule has 0 aliphatic carbocycles. The minimum Gasteiger partial charge on any atom is -0.449 e. The van der Waals surface area contributed by atoms with E-state index in [2.05, 4.69) is 5.32 Å². The molecule has 1 N–H and O–H groups in total. The van der Waals surface area contributed by atoms with Gasteiger partial charge in [0.2, 0.25) is 11.6 Å². The fourth-order valence-corrected chi connectivity index (χ4v) is 1.72. The van der Waals surface area contributed by atoms with Crippen molar-refractivity contribution in [3.8, 4) is 0 Å². The Balaban J connectivity index is 2.75. The van der Waals surface area contributed by atoms with Crippen LogP contribution in [-0.2, 0) is 14.3 Å².